The standard InChI is InChI=1S/C18H21BrN2O.ClH/c1-20-12-17(22)18(14-5-3-2-4-6-14)21-10-9-13-7-8-15(19)11-16(13)21;/h2-3,5,7-11,17-18,20,22H,4,6,12H2,1H3;1H/t17?,18-;/m0./s1. The Bertz CT molecular complexity index is 723. The largest absolute Gasteiger partial charge is 0.389 e. The second kappa shape index (κ2) is 8.15. The fraction of sp³-hybridized carbons (Fsp3) is 0.333. The number of aliphatic hydroxyl groups is 1. The van der Waals surface area contributed by atoms with Gasteiger partial charge in [0.25, 0.3) is 0 Å². The number of hydrogen-bond acceptors (Lipinski definition) is 2. The van der Waals surface area contributed by atoms with Crippen molar-refractivity contribution in [3.8, 4) is 0 Å². The maximum atomic E-state index is 10.7. The summed E-state index contributed by atoms with van der Waals surface area (Å²) in [6, 6.07) is 8.35. The van der Waals surface area contributed by atoms with Crippen LogP contribution in [-0.2, 0) is 0 Å². The highest BCUT2D eigenvalue weighted by Gasteiger charge is 2.25. The number of hydrogen-bond donors (Lipinski definition) is 2. The van der Waals surface area contributed by atoms with Crippen molar-refractivity contribution in [2.45, 2.75) is 25.0 Å². The van der Waals surface area contributed by atoms with Crippen molar-refractivity contribution in [1.29, 1.82) is 0 Å². The maximum absolute atomic E-state index is 10.7. The molecule has 0 aliphatic heterocycles. The second-order valence-electron chi connectivity index (χ2n) is 5.70. The van der Waals surface area contributed by atoms with Crippen molar-refractivity contribution in [3.63, 3.8) is 0 Å². The van der Waals surface area contributed by atoms with E-state index in [1.807, 2.05) is 13.1 Å². The average Bonchev–Trinajstić information content (AvgIpc) is 2.92. The molecule has 0 amide bonds. The van der Waals surface area contributed by atoms with Gasteiger partial charge in [0.2, 0.25) is 0 Å². The number of aliphatic hydroxyl groups excluding tert-OH is 1. The van der Waals surface area contributed by atoms with Gasteiger partial charge in [-0.15, -0.1) is 12.4 Å². The van der Waals surface area contributed by atoms with Gasteiger partial charge < -0.3 is 15.0 Å². The third-order valence-corrected chi connectivity index (χ3v) is 4.68. The molecule has 3 rings (SSSR count). The lowest BCUT2D eigenvalue weighted by molar-refractivity contribution is 0.129. The Hall–Kier alpha value is -1.07. The summed E-state index contributed by atoms with van der Waals surface area (Å²) in [4.78, 5) is 0. The predicted octanol–water partition coefficient (Wildman–Crippen LogP) is 4.22. The highest BCUT2D eigenvalue weighted by atomic mass is 79.9. The Morgan fingerprint density at radius 2 is 2.17 bits per heavy atom. The van der Waals surface area contributed by atoms with Gasteiger partial charge in [0.1, 0.15) is 0 Å². The molecule has 2 aromatic rings. The van der Waals surface area contributed by atoms with Gasteiger partial charge in [-0.2, -0.15) is 0 Å². The van der Waals surface area contributed by atoms with E-state index in [2.05, 4.69) is 68.4 Å². The van der Waals surface area contributed by atoms with Crippen LogP contribution in [0.3, 0.4) is 0 Å². The molecule has 23 heavy (non-hydrogen) atoms. The molecule has 1 aliphatic carbocycles. The lowest BCUT2D eigenvalue weighted by Gasteiger charge is -2.29. The number of allylic oxidation sites excluding steroid dienone is 3. The molecule has 1 heterocycles. The zero-order chi connectivity index (χ0) is 15.5. The van der Waals surface area contributed by atoms with Crippen LogP contribution < -0.4 is 5.32 Å². The van der Waals surface area contributed by atoms with Gasteiger partial charge in [-0.05, 0) is 49.0 Å². The first kappa shape index (κ1) is 18.3. The third-order valence-electron chi connectivity index (χ3n) is 4.19. The minimum Gasteiger partial charge on any atom is -0.389 e. The van der Waals surface area contributed by atoms with Crippen LogP contribution in [0.5, 0.6) is 0 Å². The molecule has 1 aromatic heterocycles. The summed E-state index contributed by atoms with van der Waals surface area (Å²) in [5.41, 5.74) is 2.42. The molecule has 0 saturated carbocycles. The van der Waals surface area contributed by atoms with E-state index in [-0.39, 0.29) is 18.4 Å². The molecule has 0 spiro atoms. The van der Waals surface area contributed by atoms with Crippen LogP contribution in [0.15, 0.2) is 58.7 Å². The van der Waals surface area contributed by atoms with Crippen LogP contribution in [0.4, 0.5) is 0 Å². The van der Waals surface area contributed by atoms with Crippen molar-refractivity contribution in [1.82, 2.24) is 9.88 Å². The van der Waals surface area contributed by atoms with Gasteiger partial charge in [-0.1, -0.05) is 40.2 Å². The van der Waals surface area contributed by atoms with Crippen LogP contribution >= 0.6 is 28.3 Å². The lowest BCUT2D eigenvalue weighted by atomic mass is 9.93. The van der Waals surface area contributed by atoms with Crippen LogP contribution in [0.2, 0.25) is 0 Å². The van der Waals surface area contributed by atoms with Crippen molar-refractivity contribution in [2.75, 3.05) is 13.6 Å². The number of halogens is 2. The topological polar surface area (TPSA) is 37.2 Å². The minimum absolute atomic E-state index is 0. The molecule has 5 heteroatoms. The number of nitrogens with zero attached hydrogens (tertiary/aromatic N) is 1. The fourth-order valence-corrected chi connectivity index (χ4v) is 3.51. The number of benzene rings is 1. The number of aromatic nitrogens is 1. The molecule has 1 aromatic carbocycles. The number of nitrogens with one attached hydrogen (secondary N) is 1. The fourth-order valence-electron chi connectivity index (χ4n) is 3.16. The first-order valence-corrected chi connectivity index (χ1v) is 8.44. The average molecular weight is 398 g/mol. The monoisotopic (exact) mass is 396 g/mol. The Morgan fingerprint density at radius 3 is 2.87 bits per heavy atom. The van der Waals surface area contributed by atoms with E-state index in [1.54, 1.807) is 0 Å². The molecular weight excluding hydrogens is 376 g/mol. The van der Waals surface area contributed by atoms with Crippen molar-refractivity contribution in [3.05, 3.63) is 58.7 Å². The molecular formula is C18H22BrClN2O. The molecule has 3 nitrogen and oxygen atoms in total. The minimum atomic E-state index is -0.461. The SMILES string of the molecule is CNCC(O)[C@H](C1=CC=CCC1)n1ccc2ccc(Br)cc21.Cl. The zero-order valence-corrected chi connectivity index (χ0v) is 15.5. The summed E-state index contributed by atoms with van der Waals surface area (Å²) in [6.45, 7) is 0.569. The Balaban J connectivity index is 0.00000192. The Kier molecular flexibility index (Phi) is 6.48. The van der Waals surface area contributed by atoms with Crippen molar-refractivity contribution in [2.24, 2.45) is 0 Å². The Labute approximate surface area is 151 Å². The molecule has 2 atom stereocenters. The van der Waals surface area contributed by atoms with Crippen LogP contribution in [0, 0.1) is 0 Å². The summed E-state index contributed by atoms with van der Waals surface area (Å²) in [6.07, 6.45) is 10.1. The second-order valence-corrected chi connectivity index (χ2v) is 6.62. The van der Waals surface area contributed by atoms with E-state index in [1.165, 1.54) is 11.0 Å². The Morgan fingerprint density at radius 1 is 1.35 bits per heavy atom. The molecule has 0 radical (unpaired) electrons. The molecule has 124 valence electrons. The molecule has 2 N–H and O–H groups in total. The first-order valence-electron chi connectivity index (χ1n) is 7.65. The van der Waals surface area contributed by atoms with Crippen LogP contribution in [-0.4, -0.2) is 29.4 Å². The normalized spacial score (nSPS) is 16.7. The first-order chi connectivity index (χ1) is 10.7. The van der Waals surface area contributed by atoms with E-state index in [0.29, 0.717) is 6.54 Å². The van der Waals surface area contributed by atoms with Crippen molar-refractivity contribution < 1.29 is 5.11 Å². The quantitative estimate of drug-likeness (QED) is 0.792. The lowest BCUT2D eigenvalue weighted by Crippen LogP contribution is -2.34. The number of rotatable bonds is 5. The van der Waals surface area contributed by atoms with Gasteiger partial charge in [0.15, 0.2) is 0 Å². The summed E-state index contributed by atoms with van der Waals surface area (Å²) >= 11 is 3.55. The summed E-state index contributed by atoms with van der Waals surface area (Å²) in [7, 11) is 1.87. The smallest absolute Gasteiger partial charge is 0.0909 e. The molecule has 0 bridgehead atoms. The molecule has 1 unspecified atom stereocenters. The highest BCUT2D eigenvalue weighted by molar-refractivity contribution is 9.10. The van der Waals surface area contributed by atoms with Crippen LogP contribution in [0.25, 0.3) is 10.9 Å². The van der Waals surface area contributed by atoms with Crippen LogP contribution in [0.1, 0.15) is 18.9 Å². The number of likely N-dealkylation sites (N-methyl/N-ethyl adjacent to an activating group) is 1. The summed E-state index contributed by atoms with van der Waals surface area (Å²) in [5, 5.41) is 15.0. The molecule has 0 saturated heterocycles. The van der Waals surface area contributed by atoms with Gasteiger partial charge in [-0.3, -0.25) is 0 Å². The van der Waals surface area contributed by atoms with Gasteiger partial charge >= 0.3 is 0 Å². The van der Waals surface area contributed by atoms with E-state index in [4.69, 9.17) is 0 Å². The van der Waals surface area contributed by atoms with Gasteiger partial charge in [0, 0.05) is 22.7 Å². The summed E-state index contributed by atoms with van der Waals surface area (Å²) < 4.78 is 3.26. The van der Waals surface area contributed by atoms with Crippen molar-refractivity contribution >= 4 is 39.2 Å². The molecule has 1 aliphatic rings. The van der Waals surface area contributed by atoms with E-state index in [0.717, 1.165) is 22.8 Å². The van der Waals surface area contributed by atoms with E-state index in [9.17, 15) is 5.11 Å². The van der Waals surface area contributed by atoms with Gasteiger partial charge in [-0.25, -0.2) is 0 Å². The summed E-state index contributed by atoms with van der Waals surface area (Å²) in [5.74, 6) is 0. The zero-order valence-electron chi connectivity index (χ0n) is 13.1. The van der Waals surface area contributed by atoms with E-state index >= 15 is 0 Å². The maximum Gasteiger partial charge on any atom is 0.0909 e. The highest BCUT2D eigenvalue weighted by Crippen LogP contribution is 2.32. The van der Waals surface area contributed by atoms with Gasteiger partial charge in [0.05, 0.1) is 12.1 Å². The van der Waals surface area contributed by atoms with E-state index < -0.39 is 6.10 Å². The molecule has 0 fully saturated rings. The number of fused-ring (bicyclic) bond motifs is 1. The third kappa shape index (κ3) is 3.89. The predicted molar refractivity (Wildman–Crippen MR) is 102 cm³/mol.